The molecule has 3 heterocycles. The number of esters is 1. The quantitative estimate of drug-likeness (QED) is 0.243. The molecule has 1 aliphatic heterocycles. The van der Waals surface area contributed by atoms with Crippen molar-refractivity contribution in [3.05, 3.63) is 53.0 Å². The number of imidazole rings is 1. The monoisotopic (exact) mass is 614 g/mol. The van der Waals surface area contributed by atoms with Crippen molar-refractivity contribution < 1.29 is 32.2 Å². The molecule has 0 unspecified atom stereocenters. The Hall–Kier alpha value is -3.63. The Morgan fingerprint density at radius 1 is 1.07 bits per heavy atom. The molecule has 1 amide bonds. The molecule has 0 bridgehead atoms. The van der Waals surface area contributed by atoms with Crippen LogP contribution in [0.4, 0.5) is 13.2 Å². The van der Waals surface area contributed by atoms with E-state index >= 15 is 0 Å². The normalized spacial score (nSPS) is 19.7. The van der Waals surface area contributed by atoms with Gasteiger partial charge in [-0.15, -0.1) is 0 Å². The number of aromatic nitrogens is 3. The van der Waals surface area contributed by atoms with Gasteiger partial charge < -0.3 is 14.4 Å². The summed E-state index contributed by atoms with van der Waals surface area (Å²) in [6.07, 6.45) is 2.35. The molecule has 3 aromatic rings. The van der Waals surface area contributed by atoms with E-state index in [0.29, 0.717) is 30.1 Å². The number of carbonyl (C=O) groups is 2. The zero-order valence-corrected chi connectivity index (χ0v) is 26.0. The van der Waals surface area contributed by atoms with Gasteiger partial charge in [-0.05, 0) is 82.6 Å². The molecule has 2 aliphatic rings. The maximum Gasteiger partial charge on any atom is 0.417 e. The number of benzene rings is 1. The number of fused-ring (bicyclic) bond motifs is 1. The van der Waals surface area contributed by atoms with Gasteiger partial charge in [0, 0.05) is 18.3 Å². The predicted octanol–water partition coefficient (Wildman–Crippen LogP) is 7.59. The minimum atomic E-state index is -4.62. The van der Waals surface area contributed by atoms with E-state index in [4.69, 9.17) is 14.5 Å². The van der Waals surface area contributed by atoms with Crippen molar-refractivity contribution >= 4 is 23.0 Å². The van der Waals surface area contributed by atoms with E-state index in [0.717, 1.165) is 56.4 Å². The summed E-state index contributed by atoms with van der Waals surface area (Å²) in [6, 6.07) is 6.73. The van der Waals surface area contributed by atoms with E-state index in [1.165, 1.54) is 4.57 Å². The van der Waals surface area contributed by atoms with Crippen LogP contribution in [-0.2, 0) is 28.0 Å². The summed E-state index contributed by atoms with van der Waals surface area (Å²) in [5, 5.41) is 0. The molecular formula is C33H41F3N4O4. The van der Waals surface area contributed by atoms with Crippen LogP contribution in [0.5, 0.6) is 5.75 Å². The fourth-order valence-corrected chi connectivity index (χ4v) is 6.48. The minimum Gasteiger partial charge on any atom is -0.491 e. The Balaban J connectivity index is 1.63. The van der Waals surface area contributed by atoms with Gasteiger partial charge in [-0.25, -0.2) is 9.97 Å². The summed E-state index contributed by atoms with van der Waals surface area (Å²) in [4.78, 5) is 37.7. The molecule has 5 rings (SSSR count). The second-order valence-electron chi connectivity index (χ2n) is 12.8. The number of ether oxygens (including phenoxy) is 2. The molecule has 2 fully saturated rings. The average molecular weight is 615 g/mol. The molecule has 1 saturated heterocycles. The van der Waals surface area contributed by atoms with E-state index in [2.05, 4.69) is 4.98 Å². The number of alkyl halides is 3. The van der Waals surface area contributed by atoms with Crippen molar-refractivity contribution in [2.24, 2.45) is 5.92 Å². The van der Waals surface area contributed by atoms with Crippen LogP contribution in [0, 0.1) is 5.92 Å². The van der Waals surface area contributed by atoms with E-state index < -0.39 is 29.2 Å². The molecule has 238 valence electrons. The fraction of sp³-hybridized carbons (Fsp3) is 0.576. The lowest BCUT2D eigenvalue weighted by Crippen LogP contribution is -2.52. The Labute approximate surface area is 255 Å². The highest BCUT2D eigenvalue weighted by atomic mass is 19.4. The number of nitrogens with zero attached hydrogens (tertiary/aromatic N) is 4. The number of carbonyl (C=O) groups excluding carboxylic acids is 2. The Morgan fingerprint density at radius 3 is 2.45 bits per heavy atom. The third-order valence-corrected chi connectivity index (χ3v) is 8.78. The van der Waals surface area contributed by atoms with Gasteiger partial charge in [-0.2, -0.15) is 13.2 Å². The fourth-order valence-electron chi connectivity index (χ4n) is 6.48. The zero-order chi connectivity index (χ0) is 31.8. The van der Waals surface area contributed by atoms with E-state index in [1.807, 2.05) is 39.0 Å². The number of likely N-dealkylation sites (tertiary alicyclic amines) is 1. The lowest BCUT2D eigenvalue weighted by molar-refractivity contribution is -0.151. The first kappa shape index (κ1) is 31.8. The number of halogens is 3. The second-order valence-corrected chi connectivity index (χ2v) is 12.8. The van der Waals surface area contributed by atoms with Crippen molar-refractivity contribution in [1.82, 2.24) is 19.4 Å². The maximum atomic E-state index is 14.7. The van der Waals surface area contributed by atoms with Crippen LogP contribution >= 0.6 is 0 Å². The van der Waals surface area contributed by atoms with E-state index in [-0.39, 0.29) is 35.8 Å². The SMILES string of the molecule is CC(C)Oc1ccc(C2CCCC2)c(C(=O)N2CCCC[C@@]2(C)c2nc3ncc(C(F)(F)F)cc3n2COC(=O)C(C)C)c1. The third-order valence-electron chi connectivity index (χ3n) is 8.78. The van der Waals surface area contributed by atoms with E-state index in [9.17, 15) is 22.8 Å². The van der Waals surface area contributed by atoms with Crippen molar-refractivity contribution in [2.75, 3.05) is 6.54 Å². The molecule has 44 heavy (non-hydrogen) atoms. The summed E-state index contributed by atoms with van der Waals surface area (Å²) < 4.78 is 54.1. The number of hydrogen-bond donors (Lipinski definition) is 0. The van der Waals surface area contributed by atoms with Gasteiger partial charge in [0.2, 0.25) is 0 Å². The molecule has 0 spiro atoms. The lowest BCUT2D eigenvalue weighted by atomic mass is 9.85. The number of piperidine rings is 1. The predicted molar refractivity (Wildman–Crippen MR) is 159 cm³/mol. The highest BCUT2D eigenvalue weighted by molar-refractivity contribution is 5.97. The topological polar surface area (TPSA) is 86.6 Å². The highest BCUT2D eigenvalue weighted by Crippen LogP contribution is 2.43. The molecule has 1 atom stereocenters. The summed E-state index contributed by atoms with van der Waals surface area (Å²) in [7, 11) is 0. The van der Waals surface area contributed by atoms with Crippen molar-refractivity contribution in [3.8, 4) is 5.75 Å². The van der Waals surface area contributed by atoms with E-state index in [1.54, 1.807) is 18.7 Å². The lowest BCUT2D eigenvalue weighted by Gasteiger charge is -2.44. The summed E-state index contributed by atoms with van der Waals surface area (Å²) >= 11 is 0. The third kappa shape index (κ3) is 6.28. The smallest absolute Gasteiger partial charge is 0.417 e. The second kappa shape index (κ2) is 12.4. The first-order valence-corrected chi connectivity index (χ1v) is 15.5. The number of rotatable bonds is 8. The largest absolute Gasteiger partial charge is 0.491 e. The molecule has 11 heteroatoms. The molecule has 2 aromatic heterocycles. The van der Waals surface area contributed by atoms with Crippen LogP contribution in [0.15, 0.2) is 30.5 Å². The minimum absolute atomic E-state index is 0.0712. The molecule has 1 saturated carbocycles. The molecule has 0 radical (unpaired) electrons. The van der Waals surface area contributed by atoms with Crippen molar-refractivity contribution in [3.63, 3.8) is 0 Å². The summed E-state index contributed by atoms with van der Waals surface area (Å²) in [6.45, 7) is 9.20. The molecule has 1 aliphatic carbocycles. The number of pyridine rings is 1. The maximum absolute atomic E-state index is 14.7. The van der Waals surface area contributed by atoms with Crippen molar-refractivity contribution in [2.45, 2.75) is 110 Å². The van der Waals surface area contributed by atoms with Gasteiger partial charge in [0.1, 0.15) is 11.6 Å². The van der Waals surface area contributed by atoms with Gasteiger partial charge in [0.25, 0.3) is 5.91 Å². The molecular weight excluding hydrogens is 573 g/mol. The first-order chi connectivity index (χ1) is 20.8. The van der Waals surface area contributed by atoms with Gasteiger partial charge in [-0.1, -0.05) is 32.8 Å². The number of hydrogen-bond acceptors (Lipinski definition) is 6. The van der Waals surface area contributed by atoms with Gasteiger partial charge in [0.05, 0.1) is 28.6 Å². The highest BCUT2D eigenvalue weighted by Gasteiger charge is 2.44. The first-order valence-electron chi connectivity index (χ1n) is 15.5. The Kier molecular flexibility index (Phi) is 8.96. The zero-order valence-electron chi connectivity index (χ0n) is 26.0. The van der Waals surface area contributed by atoms with Crippen LogP contribution in [0.2, 0.25) is 0 Å². The average Bonchev–Trinajstić information content (AvgIpc) is 3.63. The van der Waals surface area contributed by atoms with Crippen LogP contribution in [0.1, 0.15) is 113 Å². The Bertz CT molecular complexity index is 1530. The van der Waals surface area contributed by atoms with Gasteiger partial charge >= 0.3 is 12.1 Å². The summed E-state index contributed by atoms with van der Waals surface area (Å²) in [5.74, 6) is 0.104. The standard InChI is InChI=1S/C33H41F3N4O4/c1-20(2)30(42)43-19-39-27-16-23(33(34,35)36)18-37-28(27)38-31(39)32(5)14-8-9-15-40(32)29(41)26-17-24(44-21(3)4)12-13-25(26)22-10-6-7-11-22/h12-13,16-18,20-22H,6-11,14-15,19H2,1-5H3/t32-/m0/s1. The molecule has 0 N–H and O–H groups in total. The van der Waals surface area contributed by atoms with Crippen LogP contribution in [0.25, 0.3) is 11.2 Å². The Morgan fingerprint density at radius 2 is 1.80 bits per heavy atom. The van der Waals surface area contributed by atoms with Gasteiger partial charge in [-0.3, -0.25) is 14.2 Å². The molecule has 8 nitrogen and oxygen atoms in total. The van der Waals surface area contributed by atoms with Crippen LogP contribution < -0.4 is 4.74 Å². The van der Waals surface area contributed by atoms with Crippen molar-refractivity contribution in [1.29, 1.82) is 0 Å². The van der Waals surface area contributed by atoms with Crippen LogP contribution in [0.3, 0.4) is 0 Å². The van der Waals surface area contributed by atoms with Crippen LogP contribution in [-0.4, -0.2) is 44.0 Å². The summed E-state index contributed by atoms with van der Waals surface area (Å²) in [5.41, 5.74) is -0.198. The van der Waals surface area contributed by atoms with Gasteiger partial charge in [0.15, 0.2) is 12.4 Å². The molecule has 1 aromatic carbocycles. The number of amides is 1.